The van der Waals surface area contributed by atoms with Crippen molar-refractivity contribution in [1.82, 2.24) is 0 Å². The molecule has 0 radical (unpaired) electrons. The summed E-state index contributed by atoms with van der Waals surface area (Å²) in [5, 5.41) is 0. The Morgan fingerprint density at radius 3 is 0.629 bits per heavy atom. The second kappa shape index (κ2) is 33.5. The monoisotopic (exact) mass is 515 g/mol. The Hall–Kier alpha value is -0.480. The standard InChI is InChI=1S/C23H49NO11/c1-25-4-5-27-8-9-29-12-13-31-16-17-33-20-21-35-23-22-34-19-18-32-15-14-30-11-10-28-7-6-26-3-2-24/h2-24H2,1H3. The SMILES string of the molecule is COCCOCCOCCOCCOCCOCCOCCOCCOCCOCCOCCN. The van der Waals surface area contributed by atoms with Gasteiger partial charge in [0.1, 0.15) is 0 Å². The molecule has 0 saturated heterocycles. The molecule has 0 aliphatic heterocycles. The molecule has 0 rings (SSSR count). The first-order valence-electron chi connectivity index (χ1n) is 12.4. The van der Waals surface area contributed by atoms with Gasteiger partial charge in [0.2, 0.25) is 0 Å². The summed E-state index contributed by atoms with van der Waals surface area (Å²) in [6.45, 7) is 11.9. The highest BCUT2D eigenvalue weighted by molar-refractivity contribution is 4.38. The van der Waals surface area contributed by atoms with E-state index in [1.54, 1.807) is 7.11 Å². The molecule has 0 spiro atoms. The van der Waals surface area contributed by atoms with Gasteiger partial charge in [0.05, 0.1) is 139 Å². The van der Waals surface area contributed by atoms with E-state index >= 15 is 0 Å². The molecule has 0 aromatic heterocycles. The van der Waals surface area contributed by atoms with Gasteiger partial charge < -0.3 is 57.8 Å². The zero-order chi connectivity index (χ0) is 25.3. The third kappa shape index (κ3) is 33.5. The molecule has 35 heavy (non-hydrogen) atoms. The minimum absolute atomic E-state index is 0.521. The van der Waals surface area contributed by atoms with Crippen LogP contribution in [0.25, 0.3) is 0 Å². The predicted octanol–water partition coefficient (Wildman–Crippen LogP) is -0.242. The lowest BCUT2D eigenvalue weighted by molar-refractivity contribution is -0.0270. The number of ether oxygens (including phenoxy) is 11. The van der Waals surface area contributed by atoms with E-state index in [1.165, 1.54) is 0 Å². The number of hydrogen-bond donors (Lipinski definition) is 1. The molecule has 0 heterocycles. The maximum Gasteiger partial charge on any atom is 0.0701 e. The lowest BCUT2D eigenvalue weighted by atomic mass is 10.6. The maximum atomic E-state index is 5.44. The molecular formula is C23H49NO11. The van der Waals surface area contributed by atoms with Gasteiger partial charge in [-0.05, 0) is 0 Å². The van der Waals surface area contributed by atoms with Crippen LogP contribution in [0.15, 0.2) is 0 Å². The van der Waals surface area contributed by atoms with Crippen LogP contribution >= 0.6 is 0 Å². The molecule has 12 heteroatoms. The van der Waals surface area contributed by atoms with Gasteiger partial charge in [-0.2, -0.15) is 0 Å². The van der Waals surface area contributed by atoms with E-state index in [9.17, 15) is 0 Å². The van der Waals surface area contributed by atoms with E-state index < -0.39 is 0 Å². The van der Waals surface area contributed by atoms with E-state index in [-0.39, 0.29) is 0 Å². The Balaban J connectivity index is 3.00. The fraction of sp³-hybridized carbons (Fsp3) is 1.00. The molecule has 212 valence electrons. The van der Waals surface area contributed by atoms with Crippen molar-refractivity contribution in [3.05, 3.63) is 0 Å². The third-order valence-electron chi connectivity index (χ3n) is 4.04. The van der Waals surface area contributed by atoms with Crippen LogP contribution in [0.3, 0.4) is 0 Å². The van der Waals surface area contributed by atoms with Crippen LogP contribution in [0.5, 0.6) is 0 Å². The third-order valence-corrected chi connectivity index (χ3v) is 4.04. The summed E-state index contributed by atoms with van der Waals surface area (Å²) < 4.78 is 58.7. The fourth-order valence-corrected chi connectivity index (χ4v) is 2.31. The molecule has 0 bridgehead atoms. The number of rotatable bonds is 32. The average molecular weight is 516 g/mol. The van der Waals surface area contributed by atoms with E-state index in [2.05, 4.69) is 0 Å². The molecule has 12 nitrogen and oxygen atoms in total. The quantitative estimate of drug-likeness (QED) is 0.119. The zero-order valence-corrected chi connectivity index (χ0v) is 21.6. The highest BCUT2D eigenvalue weighted by Gasteiger charge is 1.95. The van der Waals surface area contributed by atoms with Crippen molar-refractivity contribution in [2.24, 2.45) is 5.73 Å². The van der Waals surface area contributed by atoms with E-state index in [0.717, 1.165) is 0 Å². The van der Waals surface area contributed by atoms with Crippen molar-refractivity contribution in [3.63, 3.8) is 0 Å². The number of hydrogen-bond acceptors (Lipinski definition) is 12. The Bertz CT molecular complexity index is 338. The number of nitrogens with two attached hydrogens (primary N) is 1. The van der Waals surface area contributed by atoms with Crippen LogP contribution in [-0.2, 0) is 52.1 Å². The van der Waals surface area contributed by atoms with Gasteiger partial charge in [-0.25, -0.2) is 0 Å². The first-order chi connectivity index (χ1) is 17.4. The zero-order valence-electron chi connectivity index (χ0n) is 21.6. The van der Waals surface area contributed by atoms with Gasteiger partial charge in [0.15, 0.2) is 0 Å². The second-order valence-electron chi connectivity index (χ2n) is 6.91. The van der Waals surface area contributed by atoms with Crippen molar-refractivity contribution < 1.29 is 52.1 Å². The summed E-state index contributed by atoms with van der Waals surface area (Å²) in [5.74, 6) is 0. The van der Waals surface area contributed by atoms with Crippen LogP contribution in [0, 0.1) is 0 Å². The molecule has 0 unspecified atom stereocenters. The summed E-state index contributed by atoms with van der Waals surface area (Å²) in [5.41, 5.74) is 5.32. The van der Waals surface area contributed by atoms with Crippen molar-refractivity contribution in [2.45, 2.75) is 0 Å². The topological polar surface area (TPSA) is 128 Å². The van der Waals surface area contributed by atoms with Gasteiger partial charge in [-0.1, -0.05) is 0 Å². The van der Waals surface area contributed by atoms with E-state index in [1.807, 2.05) is 0 Å². The lowest BCUT2D eigenvalue weighted by Gasteiger charge is -2.09. The highest BCUT2D eigenvalue weighted by atomic mass is 16.6. The van der Waals surface area contributed by atoms with Crippen LogP contribution in [0.1, 0.15) is 0 Å². The lowest BCUT2D eigenvalue weighted by Crippen LogP contribution is -2.15. The summed E-state index contributed by atoms with van der Waals surface area (Å²) in [6.07, 6.45) is 0. The smallest absolute Gasteiger partial charge is 0.0701 e. The van der Waals surface area contributed by atoms with Crippen LogP contribution < -0.4 is 5.73 Å². The largest absolute Gasteiger partial charge is 0.382 e. The van der Waals surface area contributed by atoms with Gasteiger partial charge in [-0.3, -0.25) is 0 Å². The normalized spacial score (nSPS) is 11.5. The molecule has 0 saturated carbocycles. The molecule has 0 aromatic carbocycles. The van der Waals surface area contributed by atoms with Crippen LogP contribution in [-0.4, -0.2) is 152 Å². The van der Waals surface area contributed by atoms with Crippen molar-refractivity contribution in [3.8, 4) is 0 Å². The van der Waals surface area contributed by atoms with Gasteiger partial charge in [0, 0.05) is 13.7 Å². The molecule has 0 aromatic rings. The van der Waals surface area contributed by atoms with Gasteiger partial charge >= 0.3 is 0 Å². The summed E-state index contributed by atoms with van der Waals surface area (Å²) >= 11 is 0. The van der Waals surface area contributed by atoms with Crippen molar-refractivity contribution in [1.29, 1.82) is 0 Å². The van der Waals surface area contributed by atoms with E-state index in [4.69, 9.17) is 57.8 Å². The molecule has 2 N–H and O–H groups in total. The second-order valence-corrected chi connectivity index (χ2v) is 6.91. The molecule has 0 atom stereocenters. The Morgan fingerprint density at radius 1 is 0.286 bits per heavy atom. The van der Waals surface area contributed by atoms with E-state index in [0.29, 0.717) is 145 Å². The molecule has 0 fully saturated rings. The number of methoxy groups -OCH3 is 1. The Labute approximate surface area is 210 Å². The highest BCUT2D eigenvalue weighted by Crippen LogP contribution is 1.86. The summed E-state index contributed by atoms with van der Waals surface area (Å²) in [4.78, 5) is 0. The molecule has 0 amide bonds. The predicted molar refractivity (Wildman–Crippen MR) is 129 cm³/mol. The fourth-order valence-electron chi connectivity index (χ4n) is 2.31. The average Bonchev–Trinajstić information content (AvgIpc) is 2.87. The van der Waals surface area contributed by atoms with Crippen LogP contribution in [0.4, 0.5) is 0 Å². The van der Waals surface area contributed by atoms with Crippen molar-refractivity contribution >= 4 is 0 Å². The Kier molecular flexibility index (Phi) is 33.1. The maximum absolute atomic E-state index is 5.44. The summed E-state index contributed by atoms with van der Waals surface area (Å²) in [7, 11) is 1.65. The van der Waals surface area contributed by atoms with Gasteiger partial charge in [0.25, 0.3) is 0 Å². The molecular weight excluding hydrogens is 466 g/mol. The Morgan fingerprint density at radius 2 is 0.457 bits per heavy atom. The first kappa shape index (κ1) is 34.5. The van der Waals surface area contributed by atoms with Crippen molar-refractivity contribution in [2.75, 3.05) is 152 Å². The molecule has 0 aliphatic carbocycles. The van der Waals surface area contributed by atoms with Crippen LogP contribution in [0.2, 0.25) is 0 Å². The molecule has 0 aliphatic rings. The first-order valence-corrected chi connectivity index (χ1v) is 12.4. The summed E-state index contributed by atoms with van der Waals surface area (Å²) in [6, 6.07) is 0. The minimum atomic E-state index is 0.521. The minimum Gasteiger partial charge on any atom is -0.382 e. The van der Waals surface area contributed by atoms with Gasteiger partial charge in [-0.15, -0.1) is 0 Å².